The van der Waals surface area contributed by atoms with Gasteiger partial charge in [0.15, 0.2) is 0 Å². The van der Waals surface area contributed by atoms with Gasteiger partial charge in [-0.05, 0) is 26.0 Å². The average Bonchev–Trinajstić information content (AvgIpc) is 2.72. The molecule has 1 aliphatic heterocycles. The van der Waals surface area contributed by atoms with Gasteiger partial charge in [0.05, 0.1) is 10.9 Å². The smallest absolute Gasteiger partial charge is 0.200 e. The van der Waals surface area contributed by atoms with Crippen LogP contribution in [-0.4, -0.2) is 24.6 Å². The lowest BCUT2D eigenvalue weighted by atomic mass is 9.87. The molecule has 0 saturated heterocycles. The summed E-state index contributed by atoms with van der Waals surface area (Å²) < 4.78 is 26.6. The quantitative estimate of drug-likeness (QED) is 0.841. The molecule has 0 bridgehead atoms. The number of hydrogen-bond acceptors (Lipinski definition) is 3. The average molecular weight is 294 g/mol. The van der Waals surface area contributed by atoms with Gasteiger partial charge in [-0.15, -0.1) is 0 Å². The minimum Gasteiger partial charge on any atom is -0.200 e. The molecule has 1 aliphatic rings. The SMILES string of the molecule is Cc1ccc(S(=O)(=O)N2N=C(C(C)(C)C)C[C@@H]2C)cc1. The van der Waals surface area contributed by atoms with Crippen LogP contribution in [0, 0.1) is 12.3 Å². The van der Waals surface area contributed by atoms with E-state index in [0.717, 1.165) is 11.3 Å². The van der Waals surface area contributed by atoms with E-state index >= 15 is 0 Å². The van der Waals surface area contributed by atoms with Crippen LogP contribution in [0.5, 0.6) is 0 Å². The third-order valence-electron chi connectivity index (χ3n) is 3.52. The highest BCUT2D eigenvalue weighted by Gasteiger charge is 2.36. The second kappa shape index (κ2) is 4.88. The maximum atomic E-state index is 12.6. The van der Waals surface area contributed by atoms with E-state index in [1.54, 1.807) is 12.1 Å². The first-order chi connectivity index (χ1) is 9.12. The van der Waals surface area contributed by atoms with Crippen LogP contribution < -0.4 is 0 Å². The molecule has 2 rings (SSSR count). The number of hydrazone groups is 1. The lowest BCUT2D eigenvalue weighted by molar-refractivity contribution is 0.384. The minimum absolute atomic E-state index is 0.105. The Morgan fingerprint density at radius 2 is 1.75 bits per heavy atom. The van der Waals surface area contributed by atoms with Gasteiger partial charge >= 0.3 is 0 Å². The van der Waals surface area contributed by atoms with E-state index in [0.29, 0.717) is 11.3 Å². The molecule has 5 heteroatoms. The Morgan fingerprint density at radius 1 is 1.20 bits per heavy atom. The largest absolute Gasteiger partial charge is 0.279 e. The third kappa shape index (κ3) is 2.73. The molecule has 1 atom stereocenters. The Kier molecular flexibility index (Phi) is 3.67. The molecule has 4 nitrogen and oxygen atoms in total. The van der Waals surface area contributed by atoms with Crippen LogP contribution in [0.25, 0.3) is 0 Å². The van der Waals surface area contributed by atoms with Crippen molar-refractivity contribution in [2.24, 2.45) is 10.5 Å². The van der Waals surface area contributed by atoms with Crippen molar-refractivity contribution in [1.82, 2.24) is 4.41 Å². The van der Waals surface area contributed by atoms with Gasteiger partial charge in [0.25, 0.3) is 10.0 Å². The lowest BCUT2D eigenvalue weighted by Gasteiger charge is -2.19. The number of sulfonamides is 1. The molecule has 0 aliphatic carbocycles. The third-order valence-corrected chi connectivity index (χ3v) is 5.32. The monoisotopic (exact) mass is 294 g/mol. The first kappa shape index (κ1) is 15.0. The standard InChI is InChI=1S/C15H22N2O2S/c1-11-6-8-13(9-7-11)20(18,19)17-12(2)10-14(16-17)15(3,4)5/h6-9,12H,10H2,1-5H3/t12-/m0/s1. The summed E-state index contributed by atoms with van der Waals surface area (Å²) in [4.78, 5) is 0.300. The molecule has 110 valence electrons. The zero-order valence-corrected chi connectivity index (χ0v) is 13.5. The highest BCUT2D eigenvalue weighted by atomic mass is 32.2. The highest BCUT2D eigenvalue weighted by Crippen LogP contribution is 2.31. The molecule has 20 heavy (non-hydrogen) atoms. The maximum Gasteiger partial charge on any atom is 0.279 e. The molecule has 1 aromatic rings. The Hall–Kier alpha value is -1.36. The van der Waals surface area contributed by atoms with Crippen LogP contribution in [0.1, 0.15) is 39.7 Å². The minimum atomic E-state index is -3.55. The van der Waals surface area contributed by atoms with Gasteiger partial charge in [0.1, 0.15) is 0 Å². The van der Waals surface area contributed by atoms with E-state index in [-0.39, 0.29) is 11.5 Å². The summed E-state index contributed by atoms with van der Waals surface area (Å²) in [6.07, 6.45) is 0.689. The zero-order chi connectivity index (χ0) is 15.1. The van der Waals surface area contributed by atoms with Gasteiger partial charge < -0.3 is 0 Å². The summed E-state index contributed by atoms with van der Waals surface area (Å²) in [6.45, 7) is 10.0. The molecular formula is C15H22N2O2S. The molecule has 0 saturated carbocycles. The number of rotatable bonds is 2. The molecular weight excluding hydrogens is 272 g/mol. The number of hydrogen-bond donors (Lipinski definition) is 0. The zero-order valence-electron chi connectivity index (χ0n) is 12.7. The Bertz CT molecular complexity index is 625. The fourth-order valence-electron chi connectivity index (χ4n) is 2.18. The van der Waals surface area contributed by atoms with Crippen LogP contribution in [-0.2, 0) is 10.0 Å². The highest BCUT2D eigenvalue weighted by molar-refractivity contribution is 7.89. The maximum absolute atomic E-state index is 12.6. The summed E-state index contributed by atoms with van der Waals surface area (Å²) in [5.41, 5.74) is 1.87. The normalized spacial score (nSPS) is 20.1. The fraction of sp³-hybridized carbons (Fsp3) is 0.533. The van der Waals surface area contributed by atoms with Crippen molar-refractivity contribution in [2.45, 2.75) is 52.0 Å². The fourth-order valence-corrected chi connectivity index (χ4v) is 3.63. The van der Waals surface area contributed by atoms with Crippen molar-refractivity contribution >= 4 is 15.7 Å². The molecule has 0 unspecified atom stereocenters. The van der Waals surface area contributed by atoms with Crippen molar-refractivity contribution < 1.29 is 8.42 Å². The Balaban J connectivity index is 2.40. The second-order valence-electron chi connectivity index (χ2n) is 6.44. The van der Waals surface area contributed by atoms with E-state index < -0.39 is 10.0 Å². The van der Waals surface area contributed by atoms with Gasteiger partial charge in [-0.25, -0.2) is 0 Å². The van der Waals surface area contributed by atoms with Crippen LogP contribution in [0.15, 0.2) is 34.3 Å². The van der Waals surface area contributed by atoms with Gasteiger partial charge in [-0.2, -0.15) is 17.9 Å². The first-order valence-corrected chi connectivity index (χ1v) is 8.25. The molecule has 0 aromatic heterocycles. The summed E-state index contributed by atoms with van der Waals surface area (Å²) in [7, 11) is -3.55. The molecule has 0 N–H and O–H groups in total. The Labute approximate surface area is 121 Å². The number of aryl methyl sites for hydroxylation is 1. The lowest BCUT2D eigenvalue weighted by Crippen LogP contribution is -2.30. The Morgan fingerprint density at radius 3 is 2.20 bits per heavy atom. The van der Waals surface area contributed by atoms with E-state index in [4.69, 9.17) is 0 Å². The molecule has 0 spiro atoms. The van der Waals surface area contributed by atoms with Crippen molar-refractivity contribution in [1.29, 1.82) is 0 Å². The van der Waals surface area contributed by atoms with Gasteiger partial charge in [-0.1, -0.05) is 38.5 Å². The van der Waals surface area contributed by atoms with E-state index in [9.17, 15) is 8.42 Å². The van der Waals surface area contributed by atoms with Crippen LogP contribution in [0.4, 0.5) is 0 Å². The number of nitrogens with zero attached hydrogens (tertiary/aromatic N) is 2. The van der Waals surface area contributed by atoms with Gasteiger partial charge in [0, 0.05) is 17.5 Å². The first-order valence-electron chi connectivity index (χ1n) is 6.81. The van der Waals surface area contributed by atoms with Crippen molar-refractivity contribution in [3.63, 3.8) is 0 Å². The topological polar surface area (TPSA) is 49.7 Å². The summed E-state index contributed by atoms with van der Waals surface area (Å²) in [5, 5.41) is 4.37. The van der Waals surface area contributed by atoms with Crippen molar-refractivity contribution in [2.75, 3.05) is 0 Å². The predicted octanol–water partition coefficient (Wildman–Crippen LogP) is 3.18. The summed E-state index contributed by atoms with van der Waals surface area (Å²) >= 11 is 0. The van der Waals surface area contributed by atoms with Crippen LogP contribution >= 0.6 is 0 Å². The second-order valence-corrected chi connectivity index (χ2v) is 8.24. The van der Waals surface area contributed by atoms with Gasteiger partial charge in [-0.3, -0.25) is 0 Å². The molecule has 0 fully saturated rings. The number of benzene rings is 1. The molecule has 0 amide bonds. The summed E-state index contributed by atoms with van der Waals surface area (Å²) in [5.74, 6) is 0. The summed E-state index contributed by atoms with van der Waals surface area (Å²) in [6, 6.07) is 6.77. The molecule has 1 aromatic carbocycles. The van der Waals surface area contributed by atoms with Gasteiger partial charge in [0.2, 0.25) is 0 Å². The van der Waals surface area contributed by atoms with E-state index in [1.807, 2.05) is 26.0 Å². The predicted molar refractivity (Wildman–Crippen MR) is 81.2 cm³/mol. The van der Waals surface area contributed by atoms with Crippen molar-refractivity contribution in [3.05, 3.63) is 29.8 Å². The molecule has 0 radical (unpaired) electrons. The van der Waals surface area contributed by atoms with Crippen molar-refractivity contribution in [3.8, 4) is 0 Å². The van der Waals surface area contributed by atoms with E-state index in [1.165, 1.54) is 4.41 Å². The van der Waals surface area contributed by atoms with Crippen LogP contribution in [0.3, 0.4) is 0 Å². The molecule has 1 heterocycles. The van der Waals surface area contributed by atoms with Crippen LogP contribution in [0.2, 0.25) is 0 Å². The van der Waals surface area contributed by atoms with E-state index in [2.05, 4.69) is 25.9 Å².